The lowest BCUT2D eigenvalue weighted by molar-refractivity contribution is -0.147. The van der Waals surface area contributed by atoms with E-state index in [0.717, 1.165) is 6.07 Å². The predicted molar refractivity (Wildman–Crippen MR) is 58.3 cm³/mol. The summed E-state index contributed by atoms with van der Waals surface area (Å²) in [7, 11) is 0. The van der Waals surface area contributed by atoms with E-state index in [0.29, 0.717) is 0 Å². The lowest BCUT2D eigenvalue weighted by Gasteiger charge is -2.10. The van der Waals surface area contributed by atoms with Crippen LogP contribution in [0.15, 0.2) is 18.2 Å². The summed E-state index contributed by atoms with van der Waals surface area (Å²) in [5.41, 5.74) is -0.147. The zero-order valence-electron chi connectivity index (χ0n) is 8.85. The van der Waals surface area contributed by atoms with Crippen LogP contribution < -0.4 is 0 Å². The molecule has 1 rings (SSSR count). The summed E-state index contributed by atoms with van der Waals surface area (Å²) in [5.74, 6) is -2.72. The largest absolute Gasteiger partial charge is 0.479 e. The molecule has 1 aromatic rings. The number of carboxylic acid groups (broad SMARTS) is 1. The average molecular weight is 261 g/mol. The van der Waals surface area contributed by atoms with Crippen molar-refractivity contribution >= 4 is 23.4 Å². The number of hydrogen-bond acceptors (Lipinski definition) is 3. The third-order valence-corrected chi connectivity index (χ3v) is 2.75. The molecule has 2 atom stereocenters. The van der Waals surface area contributed by atoms with Gasteiger partial charge in [-0.15, -0.1) is 11.6 Å². The van der Waals surface area contributed by atoms with Crippen LogP contribution in [-0.4, -0.2) is 22.0 Å². The molecule has 0 aliphatic rings. The summed E-state index contributed by atoms with van der Waals surface area (Å²) in [6.45, 7) is 1.22. The normalized spacial score (nSPS) is 14.1. The van der Waals surface area contributed by atoms with Crippen molar-refractivity contribution in [3.8, 4) is 0 Å². The summed E-state index contributed by atoms with van der Waals surface area (Å²) in [6.07, 6.45) is -1.80. The van der Waals surface area contributed by atoms with Crippen molar-refractivity contribution in [2.45, 2.75) is 18.4 Å². The first-order chi connectivity index (χ1) is 7.84. The van der Waals surface area contributed by atoms with E-state index in [1.807, 2.05) is 0 Å². The Hall–Kier alpha value is -1.46. The minimum absolute atomic E-state index is 0.0412. The quantitative estimate of drug-likeness (QED) is 0.810. The lowest BCUT2D eigenvalue weighted by atomic mass is 10.0. The van der Waals surface area contributed by atoms with Crippen LogP contribution in [0.4, 0.5) is 4.39 Å². The maximum atomic E-state index is 13.5. The molecule has 0 spiro atoms. The zero-order chi connectivity index (χ0) is 13.2. The molecule has 1 aromatic carbocycles. The van der Waals surface area contributed by atoms with Crippen LogP contribution in [0.25, 0.3) is 0 Å². The fraction of sp³-hybridized carbons (Fsp3) is 0.273. The number of aliphatic hydroxyl groups excluding tert-OH is 1. The highest BCUT2D eigenvalue weighted by Gasteiger charge is 2.21. The third-order valence-electron chi connectivity index (χ3n) is 2.20. The number of Topliss-reactive ketones (excluding diaryl/α,β-unsaturated/α-hetero) is 1. The van der Waals surface area contributed by atoms with Crippen molar-refractivity contribution in [3.63, 3.8) is 0 Å². The van der Waals surface area contributed by atoms with E-state index in [4.69, 9.17) is 16.7 Å². The Morgan fingerprint density at radius 1 is 1.41 bits per heavy atom. The summed E-state index contributed by atoms with van der Waals surface area (Å²) < 4.78 is 13.5. The first-order valence-electron chi connectivity index (χ1n) is 4.69. The van der Waals surface area contributed by atoms with Gasteiger partial charge in [-0.2, -0.15) is 0 Å². The van der Waals surface area contributed by atoms with Crippen molar-refractivity contribution < 1.29 is 24.2 Å². The van der Waals surface area contributed by atoms with Crippen LogP contribution in [0.2, 0.25) is 0 Å². The van der Waals surface area contributed by atoms with Gasteiger partial charge in [-0.3, -0.25) is 4.79 Å². The second-order valence-corrected chi connectivity index (χ2v) is 3.93. The number of benzene rings is 1. The van der Waals surface area contributed by atoms with Gasteiger partial charge in [0.05, 0.1) is 0 Å². The maximum absolute atomic E-state index is 13.5. The van der Waals surface area contributed by atoms with Crippen LogP contribution in [0.5, 0.6) is 0 Å². The minimum Gasteiger partial charge on any atom is -0.479 e. The molecular formula is C11H10ClFO4. The van der Waals surface area contributed by atoms with E-state index in [2.05, 4.69) is 0 Å². The Bertz CT molecular complexity index is 461. The van der Waals surface area contributed by atoms with Crippen molar-refractivity contribution in [2.75, 3.05) is 0 Å². The van der Waals surface area contributed by atoms with E-state index in [-0.39, 0.29) is 11.1 Å². The lowest BCUT2D eigenvalue weighted by Crippen LogP contribution is -2.12. The van der Waals surface area contributed by atoms with E-state index in [1.54, 1.807) is 0 Å². The van der Waals surface area contributed by atoms with Gasteiger partial charge >= 0.3 is 5.97 Å². The predicted octanol–water partition coefficient (Wildman–Crippen LogP) is 1.81. The first-order valence-corrected chi connectivity index (χ1v) is 5.13. The SMILES string of the molecule is CC(=O)C(Cl)c1ccc(C(O)C(=O)O)cc1F. The fourth-order valence-electron chi connectivity index (χ4n) is 1.28. The van der Waals surface area contributed by atoms with Crippen LogP contribution in [0, 0.1) is 5.82 Å². The monoisotopic (exact) mass is 260 g/mol. The second-order valence-electron chi connectivity index (χ2n) is 3.49. The Morgan fingerprint density at radius 3 is 2.41 bits per heavy atom. The standard InChI is InChI=1S/C11H10ClFO4/c1-5(14)9(12)7-3-2-6(4-8(7)13)10(15)11(16)17/h2-4,9-10,15H,1H3,(H,16,17). The van der Waals surface area contributed by atoms with Gasteiger partial charge in [-0.25, -0.2) is 9.18 Å². The number of ketones is 1. The number of carbonyl (C=O) groups is 2. The van der Waals surface area contributed by atoms with Crippen molar-refractivity contribution in [1.29, 1.82) is 0 Å². The van der Waals surface area contributed by atoms with Crippen LogP contribution >= 0.6 is 11.6 Å². The molecule has 0 fully saturated rings. The highest BCUT2D eigenvalue weighted by molar-refractivity contribution is 6.30. The van der Waals surface area contributed by atoms with Crippen LogP contribution in [-0.2, 0) is 9.59 Å². The molecule has 92 valence electrons. The number of carboxylic acids is 1. The van der Waals surface area contributed by atoms with E-state index in [1.165, 1.54) is 19.1 Å². The van der Waals surface area contributed by atoms with Crippen molar-refractivity contribution in [2.24, 2.45) is 0 Å². The highest BCUT2D eigenvalue weighted by atomic mass is 35.5. The van der Waals surface area contributed by atoms with Gasteiger partial charge in [0.1, 0.15) is 11.2 Å². The third kappa shape index (κ3) is 3.01. The Balaban J connectivity index is 3.10. The number of alkyl halides is 1. The van der Waals surface area contributed by atoms with Crippen LogP contribution in [0.3, 0.4) is 0 Å². The van der Waals surface area contributed by atoms with E-state index < -0.39 is 29.1 Å². The molecule has 0 saturated heterocycles. The average Bonchev–Trinajstić information content (AvgIpc) is 2.26. The van der Waals surface area contributed by atoms with Gasteiger partial charge in [0.25, 0.3) is 0 Å². The molecule has 0 aliphatic heterocycles. The highest BCUT2D eigenvalue weighted by Crippen LogP contribution is 2.26. The Labute approximate surface area is 102 Å². The Morgan fingerprint density at radius 2 is 2.00 bits per heavy atom. The molecule has 0 amide bonds. The molecule has 0 heterocycles. The van der Waals surface area contributed by atoms with Crippen LogP contribution in [0.1, 0.15) is 29.5 Å². The van der Waals surface area contributed by atoms with Crippen molar-refractivity contribution in [1.82, 2.24) is 0 Å². The molecule has 2 unspecified atom stereocenters. The Kier molecular flexibility index (Phi) is 4.20. The fourth-order valence-corrected chi connectivity index (χ4v) is 1.46. The van der Waals surface area contributed by atoms with Gasteiger partial charge in [-0.05, 0) is 18.6 Å². The van der Waals surface area contributed by atoms with Gasteiger partial charge < -0.3 is 10.2 Å². The number of hydrogen-bond donors (Lipinski definition) is 2. The van der Waals surface area contributed by atoms with Gasteiger partial charge in [-0.1, -0.05) is 12.1 Å². The number of carbonyl (C=O) groups excluding carboxylic acids is 1. The topological polar surface area (TPSA) is 74.6 Å². The number of halogens is 2. The molecule has 0 saturated carbocycles. The molecule has 2 N–H and O–H groups in total. The second kappa shape index (κ2) is 5.25. The summed E-state index contributed by atoms with van der Waals surface area (Å²) in [5, 5.41) is 16.6. The van der Waals surface area contributed by atoms with Crippen molar-refractivity contribution in [3.05, 3.63) is 35.1 Å². The minimum atomic E-state index is -1.80. The molecule has 0 radical (unpaired) electrons. The van der Waals surface area contributed by atoms with Gasteiger partial charge in [0.15, 0.2) is 11.9 Å². The summed E-state index contributed by atoms with van der Waals surface area (Å²) in [6, 6.07) is 3.26. The molecular weight excluding hydrogens is 251 g/mol. The molecule has 0 bridgehead atoms. The van der Waals surface area contributed by atoms with Gasteiger partial charge in [0, 0.05) is 5.56 Å². The maximum Gasteiger partial charge on any atom is 0.337 e. The molecule has 6 heteroatoms. The number of aliphatic carboxylic acids is 1. The molecule has 0 aromatic heterocycles. The van der Waals surface area contributed by atoms with Gasteiger partial charge in [0.2, 0.25) is 0 Å². The smallest absolute Gasteiger partial charge is 0.337 e. The number of rotatable bonds is 4. The number of aliphatic hydroxyl groups is 1. The molecule has 4 nitrogen and oxygen atoms in total. The van der Waals surface area contributed by atoms with E-state index in [9.17, 15) is 19.1 Å². The molecule has 0 aliphatic carbocycles. The zero-order valence-corrected chi connectivity index (χ0v) is 9.61. The van der Waals surface area contributed by atoms with E-state index >= 15 is 0 Å². The summed E-state index contributed by atoms with van der Waals surface area (Å²) in [4.78, 5) is 21.5. The first kappa shape index (κ1) is 13.6. The summed E-state index contributed by atoms with van der Waals surface area (Å²) >= 11 is 5.67. The molecule has 17 heavy (non-hydrogen) atoms.